The predicted molar refractivity (Wildman–Crippen MR) is 134 cm³/mol. The first-order chi connectivity index (χ1) is 15.5. The van der Waals surface area contributed by atoms with Crippen LogP contribution in [0.15, 0.2) is 78.9 Å². The molecule has 4 heteroatoms. The molecule has 1 aliphatic rings. The molecule has 1 amide bonds. The normalized spacial score (nSPS) is 19.2. The van der Waals surface area contributed by atoms with Gasteiger partial charge >= 0.3 is 0 Å². The third-order valence-electron chi connectivity index (χ3n) is 6.73. The second-order valence-electron chi connectivity index (χ2n) is 8.91. The van der Waals surface area contributed by atoms with Crippen LogP contribution in [0.1, 0.15) is 38.2 Å². The highest BCUT2D eigenvalue weighted by molar-refractivity contribution is 6.30. The third-order valence-corrected chi connectivity index (χ3v) is 6.98. The minimum atomic E-state index is -0.0644. The van der Waals surface area contributed by atoms with E-state index in [1.54, 1.807) is 0 Å². The molecular weight excluding hydrogens is 416 g/mol. The van der Waals surface area contributed by atoms with Crippen LogP contribution in [0, 0.1) is 11.8 Å². The topological polar surface area (TPSA) is 46.3 Å². The maximum Gasteiger partial charge on any atom is 0.230 e. The molecule has 0 bridgehead atoms. The molecule has 1 aliphatic carbocycles. The maximum atomic E-state index is 13.6. The average Bonchev–Trinajstić information content (AvgIpc) is 3.63. The van der Waals surface area contributed by atoms with E-state index < -0.39 is 0 Å². The van der Waals surface area contributed by atoms with E-state index in [2.05, 4.69) is 38.1 Å². The molecule has 1 saturated carbocycles. The summed E-state index contributed by atoms with van der Waals surface area (Å²) in [5.74, 6) is 0.760. The Hall–Kier alpha value is -2.62. The third kappa shape index (κ3) is 5.06. The smallest absolute Gasteiger partial charge is 0.230 e. The summed E-state index contributed by atoms with van der Waals surface area (Å²) in [5, 5.41) is 0.719. The van der Waals surface area contributed by atoms with Gasteiger partial charge in [-0.2, -0.15) is 0 Å². The Morgan fingerprint density at radius 1 is 1.00 bits per heavy atom. The van der Waals surface area contributed by atoms with Gasteiger partial charge in [-0.15, -0.1) is 0 Å². The van der Waals surface area contributed by atoms with Crippen LogP contribution in [0.2, 0.25) is 5.02 Å². The molecule has 4 rings (SSSR count). The maximum absolute atomic E-state index is 13.6. The van der Waals surface area contributed by atoms with Crippen molar-refractivity contribution in [2.75, 3.05) is 11.4 Å². The Morgan fingerprint density at radius 3 is 2.25 bits per heavy atom. The Balaban J connectivity index is 1.56. The fourth-order valence-corrected chi connectivity index (χ4v) is 4.35. The zero-order chi connectivity index (χ0) is 22.7. The lowest BCUT2D eigenvalue weighted by Gasteiger charge is -2.29. The number of nitrogens with two attached hydrogens (primary N) is 1. The number of hydrogen-bond donors (Lipinski definition) is 1. The lowest BCUT2D eigenvalue weighted by atomic mass is 9.98. The van der Waals surface area contributed by atoms with Gasteiger partial charge in [0.25, 0.3) is 0 Å². The van der Waals surface area contributed by atoms with Crippen LogP contribution in [-0.4, -0.2) is 18.5 Å². The molecule has 4 atom stereocenters. The number of rotatable bonds is 8. The molecular formula is C28H31ClN2O. The summed E-state index contributed by atoms with van der Waals surface area (Å²) in [6, 6.07) is 26.3. The molecule has 3 aromatic rings. The summed E-state index contributed by atoms with van der Waals surface area (Å²) in [7, 11) is 0. The summed E-state index contributed by atoms with van der Waals surface area (Å²) in [6.45, 7) is 4.82. The minimum Gasteiger partial charge on any atom is -0.326 e. The summed E-state index contributed by atoms with van der Waals surface area (Å²) in [4.78, 5) is 15.5. The Kier molecular flexibility index (Phi) is 6.98. The number of nitrogens with zero attached hydrogens (tertiary/aromatic N) is 1. The van der Waals surface area contributed by atoms with Gasteiger partial charge in [0.1, 0.15) is 0 Å². The zero-order valence-corrected chi connectivity index (χ0v) is 19.5. The van der Waals surface area contributed by atoms with E-state index in [1.165, 1.54) is 11.1 Å². The molecule has 2 N–H and O–H groups in total. The number of amides is 1. The van der Waals surface area contributed by atoms with Crippen molar-refractivity contribution in [1.82, 2.24) is 0 Å². The largest absolute Gasteiger partial charge is 0.326 e. The average molecular weight is 447 g/mol. The van der Waals surface area contributed by atoms with E-state index in [0.29, 0.717) is 12.5 Å². The summed E-state index contributed by atoms with van der Waals surface area (Å²) < 4.78 is 0. The Labute approximate surface area is 196 Å². The Bertz CT molecular complexity index is 1030. The van der Waals surface area contributed by atoms with E-state index in [0.717, 1.165) is 29.1 Å². The van der Waals surface area contributed by atoms with Gasteiger partial charge in [0.15, 0.2) is 0 Å². The molecule has 0 aliphatic heterocycles. The van der Waals surface area contributed by atoms with Gasteiger partial charge in [-0.05, 0) is 59.2 Å². The number of hydrogen-bond acceptors (Lipinski definition) is 2. The van der Waals surface area contributed by atoms with E-state index in [9.17, 15) is 4.79 Å². The molecule has 0 aromatic heterocycles. The monoisotopic (exact) mass is 446 g/mol. The van der Waals surface area contributed by atoms with Crippen molar-refractivity contribution in [1.29, 1.82) is 0 Å². The standard InChI is InChI=1S/C28H31ClN2O/c1-3-19(2)27(30)18-31(24-15-11-21(12-16-24)20-7-5-4-6-8-20)28(32)26-17-25(26)22-9-13-23(29)14-10-22/h4-16,19,25-27H,3,17-18,30H2,1-2H3/t19-,25-,26+,27+/m0/s1. The highest BCUT2D eigenvalue weighted by Gasteiger charge is 2.46. The van der Waals surface area contributed by atoms with Gasteiger partial charge in [-0.25, -0.2) is 0 Å². The number of carbonyl (C=O) groups is 1. The lowest BCUT2D eigenvalue weighted by molar-refractivity contribution is -0.120. The molecule has 0 spiro atoms. The molecule has 3 nitrogen and oxygen atoms in total. The fourth-order valence-electron chi connectivity index (χ4n) is 4.23. The van der Waals surface area contributed by atoms with E-state index >= 15 is 0 Å². The number of anilines is 1. The van der Waals surface area contributed by atoms with Crippen molar-refractivity contribution >= 4 is 23.2 Å². The first-order valence-corrected chi connectivity index (χ1v) is 11.8. The van der Waals surface area contributed by atoms with Crippen LogP contribution in [0.4, 0.5) is 5.69 Å². The van der Waals surface area contributed by atoms with E-state index in [4.69, 9.17) is 17.3 Å². The highest BCUT2D eigenvalue weighted by atomic mass is 35.5. The SMILES string of the molecule is CC[C@H](C)[C@H](N)CN(C(=O)[C@@H]1C[C@H]1c1ccc(Cl)cc1)c1ccc(-c2ccccc2)cc1. The predicted octanol–water partition coefficient (Wildman–Crippen LogP) is 6.52. The summed E-state index contributed by atoms with van der Waals surface area (Å²) >= 11 is 6.03. The van der Waals surface area contributed by atoms with Crippen molar-refractivity contribution < 1.29 is 4.79 Å². The summed E-state index contributed by atoms with van der Waals surface area (Å²) in [5.41, 5.74) is 10.9. The van der Waals surface area contributed by atoms with Crippen LogP contribution in [0.3, 0.4) is 0 Å². The quantitative estimate of drug-likeness (QED) is 0.428. The molecule has 166 valence electrons. The minimum absolute atomic E-state index is 0.00546. The van der Waals surface area contributed by atoms with Crippen LogP contribution in [0.5, 0.6) is 0 Å². The molecule has 3 aromatic carbocycles. The van der Waals surface area contributed by atoms with Gasteiger partial charge < -0.3 is 10.6 Å². The highest BCUT2D eigenvalue weighted by Crippen LogP contribution is 2.49. The molecule has 1 fully saturated rings. The molecule has 32 heavy (non-hydrogen) atoms. The summed E-state index contributed by atoms with van der Waals surface area (Å²) in [6.07, 6.45) is 1.87. The molecule has 0 saturated heterocycles. The first kappa shape index (κ1) is 22.6. The van der Waals surface area contributed by atoms with Crippen molar-refractivity contribution in [2.45, 2.75) is 38.6 Å². The Morgan fingerprint density at radius 2 is 1.62 bits per heavy atom. The van der Waals surface area contributed by atoms with Crippen molar-refractivity contribution in [3.8, 4) is 11.1 Å². The molecule has 0 heterocycles. The van der Waals surface area contributed by atoms with Crippen LogP contribution in [-0.2, 0) is 4.79 Å². The van der Waals surface area contributed by atoms with Gasteiger partial charge in [-0.1, -0.05) is 86.5 Å². The van der Waals surface area contributed by atoms with E-state index in [-0.39, 0.29) is 23.8 Å². The lowest BCUT2D eigenvalue weighted by Crippen LogP contribution is -2.45. The van der Waals surface area contributed by atoms with Crippen molar-refractivity contribution in [2.24, 2.45) is 17.6 Å². The number of benzene rings is 3. The van der Waals surface area contributed by atoms with Gasteiger partial charge in [0.2, 0.25) is 5.91 Å². The molecule has 0 radical (unpaired) electrons. The van der Waals surface area contributed by atoms with E-state index in [1.807, 2.05) is 59.5 Å². The van der Waals surface area contributed by atoms with Crippen LogP contribution >= 0.6 is 11.6 Å². The number of carbonyl (C=O) groups excluding carboxylic acids is 1. The van der Waals surface area contributed by atoms with Gasteiger partial charge in [-0.3, -0.25) is 4.79 Å². The van der Waals surface area contributed by atoms with Gasteiger partial charge in [0.05, 0.1) is 0 Å². The second kappa shape index (κ2) is 9.89. The first-order valence-electron chi connectivity index (χ1n) is 11.5. The zero-order valence-electron chi connectivity index (χ0n) is 18.7. The fraction of sp³-hybridized carbons (Fsp3) is 0.321. The second-order valence-corrected chi connectivity index (χ2v) is 9.35. The van der Waals surface area contributed by atoms with Crippen molar-refractivity contribution in [3.05, 3.63) is 89.4 Å². The van der Waals surface area contributed by atoms with Gasteiger partial charge in [0, 0.05) is 29.2 Å². The van der Waals surface area contributed by atoms with Crippen molar-refractivity contribution in [3.63, 3.8) is 0 Å². The van der Waals surface area contributed by atoms with Crippen LogP contribution in [0.25, 0.3) is 11.1 Å². The number of halogens is 1. The molecule has 0 unspecified atom stereocenters. The van der Waals surface area contributed by atoms with Crippen LogP contribution < -0.4 is 10.6 Å².